The maximum Gasteiger partial charge on any atom is 0.275 e. The predicted octanol–water partition coefficient (Wildman–Crippen LogP) is 4.11. The molecule has 144 valence electrons. The lowest BCUT2D eigenvalue weighted by atomic mass is 10.1. The van der Waals surface area contributed by atoms with Crippen LogP contribution in [-0.2, 0) is 0 Å². The fourth-order valence-electron chi connectivity index (χ4n) is 2.63. The zero-order valence-corrected chi connectivity index (χ0v) is 16.2. The van der Waals surface area contributed by atoms with Gasteiger partial charge in [0.05, 0.1) is 32.3 Å². The Hall–Kier alpha value is -3.61. The highest BCUT2D eigenvalue weighted by Crippen LogP contribution is 2.29. The summed E-state index contributed by atoms with van der Waals surface area (Å²) in [6, 6.07) is 11.1. The van der Waals surface area contributed by atoms with E-state index in [9.17, 15) is 4.79 Å². The van der Waals surface area contributed by atoms with Crippen molar-refractivity contribution < 1.29 is 14.3 Å². The number of aromatic nitrogens is 2. The molecule has 1 amide bonds. The van der Waals surface area contributed by atoms with Gasteiger partial charge in [-0.2, -0.15) is 0 Å². The molecule has 0 saturated heterocycles. The van der Waals surface area contributed by atoms with Gasteiger partial charge in [-0.25, -0.2) is 9.97 Å². The average molecular weight is 378 g/mol. The monoisotopic (exact) mass is 378 g/mol. The number of carbonyl (C=O) groups excluding carboxylic acids is 1. The summed E-state index contributed by atoms with van der Waals surface area (Å²) < 4.78 is 10.5. The van der Waals surface area contributed by atoms with Gasteiger partial charge in [-0.05, 0) is 43.2 Å². The summed E-state index contributed by atoms with van der Waals surface area (Å²) in [7, 11) is 3.09. The number of rotatable bonds is 6. The van der Waals surface area contributed by atoms with E-state index in [0.717, 1.165) is 11.3 Å². The van der Waals surface area contributed by atoms with Crippen molar-refractivity contribution in [2.45, 2.75) is 13.8 Å². The van der Waals surface area contributed by atoms with Gasteiger partial charge in [0.15, 0.2) is 0 Å². The van der Waals surface area contributed by atoms with E-state index in [0.29, 0.717) is 23.0 Å². The number of methoxy groups -OCH3 is 2. The average Bonchev–Trinajstić information content (AvgIpc) is 2.71. The Kier molecular flexibility index (Phi) is 5.74. The molecule has 0 fully saturated rings. The normalized spacial score (nSPS) is 10.3. The third-order valence-electron chi connectivity index (χ3n) is 4.41. The summed E-state index contributed by atoms with van der Waals surface area (Å²) >= 11 is 0. The molecule has 0 aliphatic rings. The van der Waals surface area contributed by atoms with Crippen LogP contribution in [0.2, 0.25) is 0 Å². The summed E-state index contributed by atoms with van der Waals surface area (Å²) in [5.41, 5.74) is 3.95. The highest BCUT2D eigenvalue weighted by atomic mass is 16.5. The number of carbonyl (C=O) groups is 1. The lowest BCUT2D eigenvalue weighted by Gasteiger charge is -2.12. The van der Waals surface area contributed by atoms with Crippen molar-refractivity contribution >= 4 is 23.1 Å². The molecule has 28 heavy (non-hydrogen) atoms. The molecule has 0 aliphatic carbocycles. The molecule has 3 rings (SSSR count). The van der Waals surface area contributed by atoms with E-state index in [-0.39, 0.29) is 5.69 Å². The van der Waals surface area contributed by atoms with Crippen LogP contribution in [0.1, 0.15) is 21.6 Å². The minimum atomic E-state index is -0.391. The van der Waals surface area contributed by atoms with Crippen molar-refractivity contribution in [1.82, 2.24) is 9.97 Å². The second-order valence-corrected chi connectivity index (χ2v) is 6.18. The Morgan fingerprint density at radius 2 is 1.79 bits per heavy atom. The van der Waals surface area contributed by atoms with Crippen LogP contribution in [0.3, 0.4) is 0 Å². The third-order valence-corrected chi connectivity index (χ3v) is 4.41. The second kappa shape index (κ2) is 8.39. The number of nitrogens with zero attached hydrogens (tertiary/aromatic N) is 2. The number of hydrogen-bond donors (Lipinski definition) is 2. The van der Waals surface area contributed by atoms with Gasteiger partial charge in [0.25, 0.3) is 5.91 Å². The van der Waals surface area contributed by atoms with Crippen LogP contribution in [0.4, 0.5) is 17.2 Å². The summed E-state index contributed by atoms with van der Waals surface area (Å²) in [4.78, 5) is 21.0. The lowest BCUT2D eigenvalue weighted by molar-refractivity contribution is 0.102. The van der Waals surface area contributed by atoms with Crippen molar-refractivity contribution in [3.05, 3.63) is 65.6 Å². The standard InChI is InChI=1S/C21H22N4O3/c1-13-6-5-7-16(14(13)2)24-20-12-22-18(11-23-20)21(26)25-17-10-15(27-3)8-9-19(17)28-4/h5-12H,1-4H3,(H,23,24)(H,25,26). The van der Waals surface area contributed by atoms with E-state index in [1.165, 1.54) is 25.1 Å². The zero-order chi connectivity index (χ0) is 20.1. The molecule has 3 aromatic rings. The number of hydrogen-bond acceptors (Lipinski definition) is 6. The fourth-order valence-corrected chi connectivity index (χ4v) is 2.63. The van der Waals surface area contributed by atoms with Crippen molar-refractivity contribution in [1.29, 1.82) is 0 Å². The van der Waals surface area contributed by atoms with E-state index in [4.69, 9.17) is 9.47 Å². The van der Waals surface area contributed by atoms with Gasteiger partial charge >= 0.3 is 0 Å². The Morgan fingerprint density at radius 3 is 2.46 bits per heavy atom. The van der Waals surface area contributed by atoms with Crippen LogP contribution in [-0.4, -0.2) is 30.1 Å². The van der Waals surface area contributed by atoms with Crippen molar-refractivity contribution in [2.24, 2.45) is 0 Å². The van der Waals surface area contributed by atoms with Gasteiger partial charge in [0.2, 0.25) is 0 Å². The second-order valence-electron chi connectivity index (χ2n) is 6.18. The maximum atomic E-state index is 12.5. The third kappa shape index (κ3) is 4.20. The topological polar surface area (TPSA) is 85.4 Å². The number of benzene rings is 2. The number of aryl methyl sites for hydroxylation is 1. The van der Waals surface area contributed by atoms with Gasteiger partial charge in [-0.3, -0.25) is 4.79 Å². The highest BCUT2D eigenvalue weighted by Gasteiger charge is 2.13. The Labute approximate surface area is 163 Å². The maximum absolute atomic E-state index is 12.5. The summed E-state index contributed by atoms with van der Waals surface area (Å²) in [5.74, 6) is 1.30. The molecule has 0 unspecified atom stereocenters. The molecule has 2 N–H and O–H groups in total. The van der Waals surface area contributed by atoms with Crippen LogP contribution in [0.25, 0.3) is 0 Å². The lowest BCUT2D eigenvalue weighted by Crippen LogP contribution is -2.15. The Morgan fingerprint density at radius 1 is 0.964 bits per heavy atom. The Balaban J connectivity index is 1.75. The molecule has 0 saturated carbocycles. The molecule has 0 bridgehead atoms. The van der Waals surface area contributed by atoms with E-state index in [2.05, 4.69) is 20.6 Å². The molecular formula is C21H22N4O3. The van der Waals surface area contributed by atoms with Gasteiger partial charge in [-0.1, -0.05) is 12.1 Å². The predicted molar refractivity (Wildman–Crippen MR) is 109 cm³/mol. The number of nitrogens with one attached hydrogen (secondary N) is 2. The van der Waals surface area contributed by atoms with E-state index in [1.54, 1.807) is 25.3 Å². The van der Waals surface area contributed by atoms with Crippen molar-refractivity contribution in [2.75, 3.05) is 24.9 Å². The first-order valence-electron chi connectivity index (χ1n) is 8.70. The van der Waals surface area contributed by atoms with Crippen molar-refractivity contribution in [3.8, 4) is 11.5 Å². The van der Waals surface area contributed by atoms with Gasteiger partial charge < -0.3 is 20.1 Å². The van der Waals surface area contributed by atoms with E-state index < -0.39 is 5.91 Å². The molecular weight excluding hydrogens is 356 g/mol. The van der Waals surface area contributed by atoms with Crippen molar-refractivity contribution in [3.63, 3.8) is 0 Å². The molecule has 7 nitrogen and oxygen atoms in total. The molecule has 0 aliphatic heterocycles. The highest BCUT2D eigenvalue weighted by molar-refractivity contribution is 6.03. The zero-order valence-electron chi connectivity index (χ0n) is 16.2. The van der Waals surface area contributed by atoms with Gasteiger partial charge in [-0.15, -0.1) is 0 Å². The molecule has 2 aromatic carbocycles. The van der Waals surface area contributed by atoms with Gasteiger partial charge in [0.1, 0.15) is 23.0 Å². The number of anilines is 3. The molecule has 0 spiro atoms. The minimum absolute atomic E-state index is 0.191. The largest absolute Gasteiger partial charge is 0.497 e. The first kappa shape index (κ1) is 19.2. The van der Waals surface area contributed by atoms with Gasteiger partial charge in [0, 0.05) is 11.8 Å². The van der Waals surface area contributed by atoms with E-state index in [1.807, 2.05) is 32.0 Å². The number of amides is 1. The summed E-state index contributed by atoms with van der Waals surface area (Å²) in [6.45, 7) is 4.08. The molecule has 1 aromatic heterocycles. The number of ether oxygens (including phenoxy) is 2. The van der Waals surface area contributed by atoms with E-state index >= 15 is 0 Å². The van der Waals surface area contributed by atoms with Crippen LogP contribution in [0, 0.1) is 13.8 Å². The quantitative estimate of drug-likeness (QED) is 0.671. The fraction of sp³-hybridized carbons (Fsp3) is 0.190. The van der Waals surface area contributed by atoms with Crippen LogP contribution in [0.15, 0.2) is 48.8 Å². The van der Waals surface area contributed by atoms with Crippen LogP contribution < -0.4 is 20.1 Å². The molecule has 0 atom stereocenters. The van der Waals surface area contributed by atoms with Crippen LogP contribution >= 0.6 is 0 Å². The smallest absolute Gasteiger partial charge is 0.275 e. The first-order valence-corrected chi connectivity index (χ1v) is 8.70. The summed E-state index contributed by atoms with van der Waals surface area (Å²) in [5, 5.41) is 5.99. The molecule has 7 heteroatoms. The van der Waals surface area contributed by atoms with Crippen LogP contribution in [0.5, 0.6) is 11.5 Å². The molecule has 0 radical (unpaired) electrons. The first-order chi connectivity index (χ1) is 13.5. The Bertz CT molecular complexity index is 987. The summed E-state index contributed by atoms with van der Waals surface area (Å²) in [6.07, 6.45) is 2.95. The minimum Gasteiger partial charge on any atom is -0.497 e. The SMILES string of the molecule is COc1ccc(OC)c(NC(=O)c2cnc(Nc3cccc(C)c3C)cn2)c1. The molecule has 1 heterocycles.